The summed E-state index contributed by atoms with van der Waals surface area (Å²) in [5.41, 5.74) is 9.85. The van der Waals surface area contributed by atoms with Gasteiger partial charge in [-0.1, -0.05) is 106 Å². The average molecular weight is 478 g/mol. The van der Waals surface area contributed by atoms with E-state index >= 15 is 0 Å². The summed E-state index contributed by atoms with van der Waals surface area (Å²) >= 11 is 0. The summed E-state index contributed by atoms with van der Waals surface area (Å²) in [7, 11) is 0. The fourth-order valence-corrected chi connectivity index (χ4v) is 4.90. The number of Topliss-reactive ketones (excluding diaryl/α,β-unsaturated/α-hetero) is 1. The summed E-state index contributed by atoms with van der Waals surface area (Å²) in [4.78, 5) is 11.5. The highest BCUT2D eigenvalue weighted by Gasteiger charge is 2.13. The van der Waals surface area contributed by atoms with E-state index in [0.717, 1.165) is 36.0 Å². The Bertz CT molecular complexity index is 1260. The third-order valence-corrected chi connectivity index (χ3v) is 7.21. The molecule has 0 aliphatic carbocycles. The van der Waals surface area contributed by atoms with Crippen LogP contribution in [-0.4, -0.2) is 5.78 Å². The zero-order valence-electron chi connectivity index (χ0n) is 22.5. The molecule has 0 heterocycles. The quantitative estimate of drug-likeness (QED) is 0.258. The molecule has 36 heavy (non-hydrogen) atoms. The van der Waals surface area contributed by atoms with Gasteiger partial charge in [0.15, 0.2) is 5.78 Å². The van der Waals surface area contributed by atoms with Crippen LogP contribution >= 0.6 is 0 Å². The molecule has 3 aromatic carbocycles. The molecular weight excluding hydrogens is 438 g/mol. The van der Waals surface area contributed by atoms with E-state index in [1.165, 1.54) is 52.7 Å². The highest BCUT2D eigenvalue weighted by atomic mass is 16.1. The molecule has 1 unspecified atom stereocenters. The first-order chi connectivity index (χ1) is 17.4. The lowest BCUT2D eigenvalue weighted by molar-refractivity contribution is 0.101. The number of ketones is 1. The lowest BCUT2D eigenvalue weighted by Crippen LogP contribution is -2.05. The number of nitrogens with zero attached hydrogens (tertiary/aromatic N) is 1. The smallest absolute Gasteiger partial charge is 0.159 e. The second kappa shape index (κ2) is 13.0. The molecule has 0 aliphatic rings. The summed E-state index contributed by atoms with van der Waals surface area (Å²) in [5.74, 6) is 0.732. The van der Waals surface area contributed by atoms with E-state index < -0.39 is 0 Å². The Morgan fingerprint density at radius 1 is 1.03 bits per heavy atom. The van der Waals surface area contributed by atoms with Crippen LogP contribution in [0, 0.1) is 24.2 Å². The van der Waals surface area contributed by atoms with Crippen molar-refractivity contribution in [3.05, 3.63) is 99.6 Å². The lowest BCUT2D eigenvalue weighted by Gasteiger charge is -2.16. The molecule has 0 bridgehead atoms. The first kappa shape index (κ1) is 27.2. The standard InChI is InChI=1S/C34H39NO/c1-6-8-10-27(7-2)21-31-17-18-32(22-33(31)23-35)34-12-9-11-30(25(34)4)20-24(3)19-28-13-15-29(16-14-28)26(5)36/h9,11-18,20,22,27H,6-8,10,19,21H2,1-5H3/b24-20+. The van der Waals surface area contributed by atoms with Gasteiger partial charge in [-0.15, -0.1) is 0 Å². The Kier molecular flexibility index (Phi) is 9.83. The van der Waals surface area contributed by atoms with Crippen LogP contribution in [0.15, 0.2) is 66.2 Å². The topological polar surface area (TPSA) is 40.9 Å². The molecule has 0 aromatic heterocycles. The third-order valence-electron chi connectivity index (χ3n) is 7.21. The van der Waals surface area contributed by atoms with Crippen molar-refractivity contribution in [1.82, 2.24) is 0 Å². The zero-order valence-corrected chi connectivity index (χ0v) is 22.5. The molecule has 0 fully saturated rings. The van der Waals surface area contributed by atoms with Crippen LogP contribution in [-0.2, 0) is 12.8 Å². The molecule has 2 nitrogen and oxygen atoms in total. The highest BCUT2D eigenvalue weighted by molar-refractivity contribution is 5.94. The van der Waals surface area contributed by atoms with Crippen LogP contribution in [0.4, 0.5) is 0 Å². The van der Waals surface area contributed by atoms with Gasteiger partial charge in [0, 0.05) is 5.56 Å². The molecule has 0 amide bonds. The Balaban J connectivity index is 1.83. The van der Waals surface area contributed by atoms with Crippen molar-refractivity contribution < 1.29 is 4.79 Å². The van der Waals surface area contributed by atoms with Gasteiger partial charge in [0.2, 0.25) is 0 Å². The van der Waals surface area contributed by atoms with Crippen LogP contribution in [0.1, 0.15) is 91.6 Å². The number of rotatable bonds is 11. The molecule has 0 saturated heterocycles. The average Bonchev–Trinajstić information content (AvgIpc) is 2.88. The molecule has 0 spiro atoms. The fourth-order valence-electron chi connectivity index (χ4n) is 4.90. The van der Waals surface area contributed by atoms with Crippen molar-refractivity contribution in [2.75, 3.05) is 0 Å². The lowest BCUT2D eigenvalue weighted by atomic mass is 9.88. The summed E-state index contributed by atoms with van der Waals surface area (Å²) in [5, 5.41) is 9.90. The minimum absolute atomic E-state index is 0.0931. The van der Waals surface area contributed by atoms with Crippen molar-refractivity contribution in [1.29, 1.82) is 5.26 Å². The Morgan fingerprint density at radius 3 is 2.42 bits per heavy atom. The monoisotopic (exact) mass is 477 g/mol. The molecule has 0 radical (unpaired) electrons. The number of hydrogen-bond donors (Lipinski definition) is 0. The van der Waals surface area contributed by atoms with E-state index in [1.807, 2.05) is 24.3 Å². The van der Waals surface area contributed by atoms with E-state index in [0.29, 0.717) is 5.92 Å². The maximum atomic E-state index is 11.5. The molecule has 186 valence electrons. The van der Waals surface area contributed by atoms with Crippen molar-refractivity contribution in [2.24, 2.45) is 5.92 Å². The van der Waals surface area contributed by atoms with E-state index in [1.54, 1.807) is 6.92 Å². The first-order valence-corrected chi connectivity index (χ1v) is 13.3. The van der Waals surface area contributed by atoms with Crippen LogP contribution in [0.2, 0.25) is 0 Å². The molecular formula is C34H39NO. The number of nitriles is 1. The zero-order chi connectivity index (χ0) is 26.1. The van der Waals surface area contributed by atoms with Crippen molar-refractivity contribution >= 4 is 11.9 Å². The van der Waals surface area contributed by atoms with Gasteiger partial charge in [-0.05, 0) is 79.0 Å². The van der Waals surface area contributed by atoms with Crippen LogP contribution < -0.4 is 0 Å². The third kappa shape index (κ3) is 7.05. The predicted molar refractivity (Wildman–Crippen MR) is 152 cm³/mol. The summed E-state index contributed by atoms with van der Waals surface area (Å²) in [6, 6.07) is 23.2. The molecule has 2 heteroatoms. The van der Waals surface area contributed by atoms with E-state index in [-0.39, 0.29) is 5.78 Å². The Labute approximate surface area is 217 Å². The maximum Gasteiger partial charge on any atom is 0.159 e. The number of benzene rings is 3. The fraction of sp³-hybridized carbons (Fsp3) is 0.353. The number of hydrogen-bond acceptors (Lipinski definition) is 2. The number of allylic oxidation sites excluding steroid dienone is 1. The van der Waals surface area contributed by atoms with Gasteiger partial charge in [-0.25, -0.2) is 0 Å². The van der Waals surface area contributed by atoms with Crippen molar-refractivity contribution in [2.45, 2.75) is 73.1 Å². The van der Waals surface area contributed by atoms with E-state index in [9.17, 15) is 10.1 Å². The van der Waals surface area contributed by atoms with Gasteiger partial charge in [0.25, 0.3) is 0 Å². The predicted octanol–water partition coefficient (Wildman–Crippen LogP) is 9.14. The van der Waals surface area contributed by atoms with E-state index in [4.69, 9.17) is 0 Å². The largest absolute Gasteiger partial charge is 0.295 e. The van der Waals surface area contributed by atoms with Crippen LogP contribution in [0.5, 0.6) is 0 Å². The van der Waals surface area contributed by atoms with Crippen molar-refractivity contribution in [3.8, 4) is 17.2 Å². The SMILES string of the molecule is CCCCC(CC)Cc1ccc(-c2cccc(/C=C(\C)Cc3ccc(C(C)=O)cc3)c2C)cc1C#N. The molecule has 3 aromatic rings. The van der Waals surface area contributed by atoms with Gasteiger partial charge in [0.1, 0.15) is 0 Å². The minimum Gasteiger partial charge on any atom is -0.295 e. The van der Waals surface area contributed by atoms with Gasteiger partial charge in [-0.2, -0.15) is 5.26 Å². The Morgan fingerprint density at radius 2 is 1.78 bits per heavy atom. The second-order valence-electron chi connectivity index (χ2n) is 10.0. The molecule has 0 aliphatic heterocycles. The molecule has 1 atom stereocenters. The Hall–Kier alpha value is -3.44. The van der Waals surface area contributed by atoms with Crippen molar-refractivity contribution in [3.63, 3.8) is 0 Å². The van der Waals surface area contributed by atoms with Gasteiger partial charge < -0.3 is 0 Å². The number of carbonyl (C=O) groups is 1. The van der Waals surface area contributed by atoms with Gasteiger partial charge >= 0.3 is 0 Å². The first-order valence-electron chi connectivity index (χ1n) is 13.3. The highest BCUT2D eigenvalue weighted by Crippen LogP contribution is 2.30. The maximum absolute atomic E-state index is 11.5. The molecule has 0 N–H and O–H groups in total. The van der Waals surface area contributed by atoms with Gasteiger partial charge in [0.05, 0.1) is 11.6 Å². The summed E-state index contributed by atoms with van der Waals surface area (Å²) in [6.07, 6.45) is 8.92. The molecule has 3 rings (SSSR count). The van der Waals surface area contributed by atoms with Gasteiger partial charge in [-0.3, -0.25) is 4.79 Å². The number of carbonyl (C=O) groups excluding carboxylic acids is 1. The normalized spacial score (nSPS) is 12.3. The number of unbranched alkanes of at least 4 members (excludes halogenated alkanes) is 1. The molecule has 0 saturated carbocycles. The summed E-state index contributed by atoms with van der Waals surface area (Å²) < 4.78 is 0. The second-order valence-corrected chi connectivity index (χ2v) is 10.0. The van der Waals surface area contributed by atoms with Crippen LogP contribution in [0.3, 0.4) is 0 Å². The summed E-state index contributed by atoms with van der Waals surface area (Å²) in [6.45, 7) is 10.4. The van der Waals surface area contributed by atoms with E-state index in [2.05, 4.69) is 76.2 Å². The minimum atomic E-state index is 0.0931. The van der Waals surface area contributed by atoms with Crippen LogP contribution in [0.25, 0.3) is 17.2 Å².